The summed E-state index contributed by atoms with van der Waals surface area (Å²) >= 11 is 0. The maximum Gasteiger partial charge on any atom is 0.304 e. The molecule has 0 radical (unpaired) electrons. The third kappa shape index (κ3) is 2.63. The number of carbonyl (C=O) groups is 1. The Labute approximate surface area is 67.9 Å². The van der Waals surface area contributed by atoms with Gasteiger partial charge in [-0.1, -0.05) is 19.8 Å². The standard InChI is InChI=1S/C9H14O2/c1-5-9(6-2,7-3)11-8(4)10/h1H,6-7H2,2-4H3. The number of ether oxygens (including phenoxy) is 1. The van der Waals surface area contributed by atoms with Crippen LogP contribution in [0.25, 0.3) is 0 Å². The van der Waals surface area contributed by atoms with Gasteiger partial charge in [-0.2, -0.15) is 0 Å². The summed E-state index contributed by atoms with van der Waals surface area (Å²) in [4.78, 5) is 10.6. The molecule has 0 rings (SSSR count). The Hall–Kier alpha value is -0.970. The van der Waals surface area contributed by atoms with Crippen LogP contribution in [0.15, 0.2) is 0 Å². The van der Waals surface area contributed by atoms with E-state index in [4.69, 9.17) is 11.2 Å². The van der Waals surface area contributed by atoms with Gasteiger partial charge in [0.15, 0.2) is 5.60 Å². The fourth-order valence-corrected chi connectivity index (χ4v) is 0.903. The van der Waals surface area contributed by atoms with E-state index >= 15 is 0 Å². The Kier molecular flexibility index (Phi) is 3.67. The second kappa shape index (κ2) is 4.02. The molecular weight excluding hydrogens is 140 g/mol. The minimum atomic E-state index is -0.675. The number of rotatable bonds is 3. The van der Waals surface area contributed by atoms with Crippen LogP contribution in [0.5, 0.6) is 0 Å². The molecule has 0 amide bonds. The van der Waals surface area contributed by atoms with Gasteiger partial charge < -0.3 is 4.74 Å². The van der Waals surface area contributed by atoms with Crippen LogP contribution in [-0.4, -0.2) is 11.6 Å². The Morgan fingerprint density at radius 2 is 2.00 bits per heavy atom. The van der Waals surface area contributed by atoms with Crippen molar-refractivity contribution in [3.63, 3.8) is 0 Å². The predicted octanol–water partition coefficient (Wildman–Crippen LogP) is 1.74. The largest absolute Gasteiger partial charge is 0.446 e. The monoisotopic (exact) mass is 154 g/mol. The van der Waals surface area contributed by atoms with Crippen molar-refractivity contribution in [3.05, 3.63) is 0 Å². The molecule has 62 valence electrons. The lowest BCUT2D eigenvalue weighted by molar-refractivity contribution is -0.152. The molecule has 0 aromatic carbocycles. The molecule has 0 heterocycles. The summed E-state index contributed by atoms with van der Waals surface area (Å²) in [5.74, 6) is 2.19. The molecule has 0 saturated carbocycles. The zero-order valence-electron chi connectivity index (χ0n) is 7.31. The van der Waals surface area contributed by atoms with Crippen molar-refractivity contribution in [2.75, 3.05) is 0 Å². The van der Waals surface area contributed by atoms with Gasteiger partial charge in [-0.15, -0.1) is 6.42 Å². The van der Waals surface area contributed by atoms with Gasteiger partial charge in [0.25, 0.3) is 0 Å². The van der Waals surface area contributed by atoms with Crippen molar-refractivity contribution in [1.82, 2.24) is 0 Å². The number of hydrogen-bond acceptors (Lipinski definition) is 2. The molecule has 2 nitrogen and oxygen atoms in total. The number of terminal acetylenes is 1. The van der Waals surface area contributed by atoms with E-state index in [9.17, 15) is 4.79 Å². The van der Waals surface area contributed by atoms with Crippen LogP contribution in [0.4, 0.5) is 0 Å². The molecule has 0 N–H and O–H groups in total. The minimum absolute atomic E-state index is 0.313. The average molecular weight is 154 g/mol. The van der Waals surface area contributed by atoms with Crippen LogP contribution in [0, 0.1) is 12.3 Å². The van der Waals surface area contributed by atoms with E-state index in [-0.39, 0.29) is 5.97 Å². The first-order valence-corrected chi connectivity index (χ1v) is 3.77. The Morgan fingerprint density at radius 1 is 1.55 bits per heavy atom. The zero-order valence-corrected chi connectivity index (χ0v) is 7.31. The van der Waals surface area contributed by atoms with Crippen LogP contribution >= 0.6 is 0 Å². The summed E-state index contributed by atoms with van der Waals surface area (Å²) in [6.07, 6.45) is 6.58. The highest BCUT2D eigenvalue weighted by Crippen LogP contribution is 2.18. The highest BCUT2D eigenvalue weighted by atomic mass is 16.6. The lowest BCUT2D eigenvalue weighted by Crippen LogP contribution is -2.30. The summed E-state index contributed by atoms with van der Waals surface area (Å²) in [5, 5.41) is 0. The molecule has 11 heavy (non-hydrogen) atoms. The Bertz CT molecular complexity index is 172. The van der Waals surface area contributed by atoms with E-state index in [1.807, 2.05) is 13.8 Å². The Balaban J connectivity index is 4.32. The fourth-order valence-electron chi connectivity index (χ4n) is 0.903. The minimum Gasteiger partial charge on any atom is -0.446 e. The highest BCUT2D eigenvalue weighted by Gasteiger charge is 2.25. The molecule has 0 aliphatic heterocycles. The molecule has 0 unspecified atom stereocenters. The average Bonchev–Trinajstić information content (AvgIpc) is 2.00. The molecular formula is C9H14O2. The van der Waals surface area contributed by atoms with E-state index in [0.717, 1.165) is 0 Å². The molecule has 0 atom stereocenters. The number of esters is 1. The topological polar surface area (TPSA) is 26.3 Å². The van der Waals surface area contributed by atoms with Gasteiger partial charge in [-0.25, -0.2) is 0 Å². The molecule has 2 heteroatoms. The molecule has 0 aromatic heterocycles. The first-order chi connectivity index (χ1) is 5.10. The summed E-state index contributed by atoms with van der Waals surface area (Å²) in [5.41, 5.74) is -0.675. The van der Waals surface area contributed by atoms with Crippen molar-refractivity contribution >= 4 is 5.97 Å². The van der Waals surface area contributed by atoms with Gasteiger partial charge in [0, 0.05) is 6.92 Å². The Morgan fingerprint density at radius 3 is 2.09 bits per heavy atom. The predicted molar refractivity (Wildman–Crippen MR) is 43.9 cm³/mol. The van der Waals surface area contributed by atoms with Crippen molar-refractivity contribution in [2.45, 2.75) is 39.2 Å². The summed E-state index contributed by atoms with van der Waals surface area (Å²) < 4.78 is 5.01. The van der Waals surface area contributed by atoms with Gasteiger partial charge in [-0.05, 0) is 12.8 Å². The van der Waals surface area contributed by atoms with Crippen LogP contribution in [0.2, 0.25) is 0 Å². The zero-order chi connectivity index (χ0) is 8.91. The molecule has 0 saturated heterocycles. The second-order valence-corrected chi connectivity index (χ2v) is 2.44. The fraction of sp³-hybridized carbons (Fsp3) is 0.667. The van der Waals surface area contributed by atoms with Crippen molar-refractivity contribution < 1.29 is 9.53 Å². The van der Waals surface area contributed by atoms with E-state index in [1.165, 1.54) is 6.92 Å². The van der Waals surface area contributed by atoms with Gasteiger partial charge in [0.2, 0.25) is 0 Å². The SMILES string of the molecule is C#CC(CC)(CC)OC(C)=O. The molecule has 0 aromatic rings. The van der Waals surface area contributed by atoms with Crippen molar-refractivity contribution in [2.24, 2.45) is 0 Å². The van der Waals surface area contributed by atoms with Crippen LogP contribution in [0.1, 0.15) is 33.6 Å². The lowest BCUT2D eigenvalue weighted by Gasteiger charge is -2.24. The van der Waals surface area contributed by atoms with Gasteiger partial charge in [0.1, 0.15) is 0 Å². The quantitative estimate of drug-likeness (QED) is 0.457. The first kappa shape index (κ1) is 10.0. The van der Waals surface area contributed by atoms with Crippen LogP contribution in [-0.2, 0) is 9.53 Å². The first-order valence-electron chi connectivity index (χ1n) is 3.77. The maximum atomic E-state index is 10.6. The molecule has 0 bridgehead atoms. The highest BCUT2D eigenvalue weighted by molar-refractivity contribution is 5.67. The molecule has 0 spiro atoms. The normalized spacial score (nSPS) is 10.4. The van der Waals surface area contributed by atoms with E-state index in [2.05, 4.69) is 5.92 Å². The molecule has 0 aliphatic carbocycles. The summed E-state index contributed by atoms with van der Waals surface area (Å²) in [6.45, 7) is 5.19. The van der Waals surface area contributed by atoms with E-state index in [1.54, 1.807) is 0 Å². The van der Waals surface area contributed by atoms with E-state index < -0.39 is 5.60 Å². The van der Waals surface area contributed by atoms with E-state index in [0.29, 0.717) is 12.8 Å². The van der Waals surface area contributed by atoms with Gasteiger partial charge in [0.05, 0.1) is 0 Å². The van der Waals surface area contributed by atoms with Crippen molar-refractivity contribution in [1.29, 1.82) is 0 Å². The third-order valence-electron chi connectivity index (χ3n) is 1.74. The van der Waals surface area contributed by atoms with Gasteiger partial charge >= 0.3 is 5.97 Å². The third-order valence-corrected chi connectivity index (χ3v) is 1.74. The molecule has 0 fully saturated rings. The van der Waals surface area contributed by atoms with Crippen LogP contribution < -0.4 is 0 Å². The van der Waals surface area contributed by atoms with Crippen molar-refractivity contribution in [3.8, 4) is 12.3 Å². The smallest absolute Gasteiger partial charge is 0.304 e. The van der Waals surface area contributed by atoms with Crippen LogP contribution in [0.3, 0.4) is 0 Å². The number of hydrogen-bond donors (Lipinski definition) is 0. The van der Waals surface area contributed by atoms with Gasteiger partial charge in [-0.3, -0.25) is 4.79 Å². The number of carbonyl (C=O) groups excluding carboxylic acids is 1. The summed E-state index contributed by atoms with van der Waals surface area (Å²) in [7, 11) is 0. The maximum absolute atomic E-state index is 10.6. The second-order valence-electron chi connectivity index (χ2n) is 2.44. The molecule has 0 aliphatic rings. The lowest BCUT2D eigenvalue weighted by atomic mass is 9.98. The summed E-state index contributed by atoms with van der Waals surface area (Å²) in [6, 6.07) is 0.